The number of carbonyl (C=O) groups excluding carboxylic acids is 1. The molecule has 0 aromatic carbocycles. The number of rotatable bonds is 5. The number of hydrogen-bond donors (Lipinski definition) is 0. The molecular formula is C17H19N5O3S. The van der Waals surface area contributed by atoms with E-state index in [-0.39, 0.29) is 12.0 Å². The normalized spacial score (nSPS) is 17.6. The fourth-order valence-electron chi connectivity index (χ4n) is 2.85. The number of amides is 1. The highest BCUT2D eigenvalue weighted by Gasteiger charge is 2.29. The van der Waals surface area contributed by atoms with E-state index in [0.717, 1.165) is 10.6 Å². The van der Waals surface area contributed by atoms with Crippen molar-refractivity contribution in [2.24, 2.45) is 0 Å². The van der Waals surface area contributed by atoms with Gasteiger partial charge in [0.1, 0.15) is 0 Å². The summed E-state index contributed by atoms with van der Waals surface area (Å²) in [5.41, 5.74) is 0.946. The van der Waals surface area contributed by atoms with Gasteiger partial charge in [-0.25, -0.2) is 0 Å². The Hall–Kier alpha value is -2.52. The van der Waals surface area contributed by atoms with Gasteiger partial charge in [0.25, 0.3) is 5.89 Å². The molecule has 4 heterocycles. The van der Waals surface area contributed by atoms with Gasteiger partial charge in [0, 0.05) is 25.7 Å². The molecular weight excluding hydrogens is 354 g/mol. The van der Waals surface area contributed by atoms with E-state index >= 15 is 0 Å². The predicted octanol–water partition coefficient (Wildman–Crippen LogP) is 2.29. The van der Waals surface area contributed by atoms with E-state index in [1.165, 1.54) is 0 Å². The van der Waals surface area contributed by atoms with Crippen LogP contribution in [-0.2, 0) is 16.1 Å². The number of nitrogens with zero attached hydrogens (tertiary/aromatic N) is 5. The molecule has 4 rings (SSSR count). The van der Waals surface area contributed by atoms with Crippen molar-refractivity contribution in [3.8, 4) is 10.7 Å². The number of carbonyl (C=O) groups is 1. The van der Waals surface area contributed by atoms with E-state index in [1.807, 2.05) is 36.7 Å². The van der Waals surface area contributed by atoms with Gasteiger partial charge in [-0.3, -0.25) is 9.48 Å². The molecule has 0 aliphatic carbocycles. The van der Waals surface area contributed by atoms with Crippen LogP contribution in [0.25, 0.3) is 10.7 Å². The van der Waals surface area contributed by atoms with Gasteiger partial charge in [-0.2, -0.15) is 10.1 Å². The molecule has 0 spiro atoms. The Morgan fingerprint density at radius 2 is 2.35 bits per heavy atom. The Kier molecular flexibility index (Phi) is 4.81. The van der Waals surface area contributed by atoms with Crippen LogP contribution in [0.3, 0.4) is 0 Å². The Bertz CT molecular complexity index is 873. The van der Waals surface area contributed by atoms with E-state index in [9.17, 15) is 4.79 Å². The SMILES string of the molecule is Cc1ccn(CCC(=O)N2CCOC(c3nc(-c4cccs4)no3)C2)n1. The maximum absolute atomic E-state index is 12.5. The van der Waals surface area contributed by atoms with Gasteiger partial charge >= 0.3 is 0 Å². The van der Waals surface area contributed by atoms with Crippen molar-refractivity contribution < 1.29 is 14.1 Å². The molecule has 0 saturated carbocycles. The standard InChI is InChI=1S/C17H19N5O3S/c1-12-4-6-22(19-12)7-5-15(23)21-8-9-24-13(11-21)17-18-16(20-25-17)14-3-2-10-26-14/h2-4,6,10,13H,5,7-9,11H2,1H3. The summed E-state index contributed by atoms with van der Waals surface area (Å²) in [6, 6.07) is 5.80. The Balaban J connectivity index is 1.37. The second-order valence-electron chi connectivity index (χ2n) is 6.10. The zero-order valence-corrected chi connectivity index (χ0v) is 15.2. The molecule has 1 aliphatic heterocycles. The van der Waals surface area contributed by atoms with Gasteiger partial charge < -0.3 is 14.2 Å². The number of ether oxygens (including phenoxy) is 1. The van der Waals surface area contributed by atoms with Crippen LogP contribution < -0.4 is 0 Å². The average Bonchev–Trinajstić information content (AvgIpc) is 3.40. The summed E-state index contributed by atoms with van der Waals surface area (Å²) in [6.45, 7) is 3.94. The Morgan fingerprint density at radius 3 is 3.12 bits per heavy atom. The van der Waals surface area contributed by atoms with Gasteiger partial charge in [0.2, 0.25) is 11.7 Å². The predicted molar refractivity (Wildman–Crippen MR) is 94.5 cm³/mol. The largest absolute Gasteiger partial charge is 0.365 e. The minimum Gasteiger partial charge on any atom is -0.365 e. The van der Waals surface area contributed by atoms with Crippen LogP contribution in [-0.4, -0.2) is 50.4 Å². The number of thiophene rings is 1. The van der Waals surface area contributed by atoms with Gasteiger partial charge in [0.15, 0.2) is 6.10 Å². The first-order chi connectivity index (χ1) is 12.7. The van der Waals surface area contributed by atoms with Gasteiger partial charge in [-0.1, -0.05) is 11.2 Å². The first-order valence-corrected chi connectivity index (χ1v) is 9.34. The van der Waals surface area contributed by atoms with Crippen LogP contribution in [0.5, 0.6) is 0 Å². The summed E-state index contributed by atoms with van der Waals surface area (Å²) in [4.78, 5) is 19.7. The summed E-state index contributed by atoms with van der Waals surface area (Å²) in [6.07, 6.45) is 1.90. The fourth-order valence-corrected chi connectivity index (χ4v) is 3.50. The lowest BCUT2D eigenvalue weighted by Gasteiger charge is -2.31. The highest BCUT2D eigenvalue weighted by atomic mass is 32.1. The molecule has 3 aromatic heterocycles. The van der Waals surface area contributed by atoms with Gasteiger partial charge in [-0.05, 0) is 24.4 Å². The molecule has 1 unspecified atom stereocenters. The van der Waals surface area contributed by atoms with E-state index in [2.05, 4.69) is 15.2 Å². The first-order valence-electron chi connectivity index (χ1n) is 8.46. The maximum Gasteiger partial charge on any atom is 0.257 e. The molecule has 9 heteroatoms. The van der Waals surface area contributed by atoms with Crippen molar-refractivity contribution in [3.63, 3.8) is 0 Å². The minimum absolute atomic E-state index is 0.0736. The molecule has 1 saturated heterocycles. The number of aromatic nitrogens is 4. The van der Waals surface area contributed by atoms with E-state index in [0.29, 0.717) is 44.4 Å². The minimum atomic E-state index is -0.388. The molecule has 0 radical (unpaired) electrons. The van der Waals surface area contributed by atoms with Crippen LogP contribution in [0, 0.1) is 6.92 Å². The molecule has 3 aromatic rings. The van der Waals surface area contributed by atoms with Crippen molar-refractivity contribution in [1.82, 2.24) is 24.8 Å². The van der Waals surface area contributed by atoms with Crippen LogP contribution in [0.15, 0.2) is 34.3 Å². The molecule has 26 heavy (non-hydrogen) atoms. The van der Waals surface area contributed by atoms with Crippen LogP contribution >= 0.6 is 11.3 Å². The van der Waals surface area contributed by atoms with Crippen molar-refractivity contribution in [2.45, 2.75) is 26.0 Å². The van der Waals surface area contributed by atoms with Crippen LogP contribution in [0.1, 0.15) is 24.1 Å². The second kappa shape index (κ2) is 7.38. The van der Waals surface area contributed by atoms with Crippen molar-refractivity contribution >= 4 is 17.2 Å². The number of morpholine rings is 1. The molecule has 136 valence electrons. The Morgan fingerprint density at radius 1 is 1.42 bits per heavy atom. The summed E-state index contributed by atoms with van der Waals surface area (Å²) in [7, 11) is 0. The molecule has 1 aliphatic rings. The summed E-state index contributed by atoms with van der Waals surface area (Å²) < 4.78 is 12.9. The molecule has 8 nitrogen and oxygen atoms in total. The van der Waals surface area contributed by atoms with Crippen LogP contribution in [0.2, 0.25) is 0 Å². The molecule has 1 fully saturated rings. The molecule has 0 bridgehead atoms. The second-order valence-corrected chi connectivity index (χ2v) is 7.05. The number of hydrogen-bond acceptors (Lipinski definition) is 7. The highest BCUT2D eigenvalue weighted by Crippen LogP contribution is 2.26. The quantitative estimate of drug-likeness (QED) is 0.682. The third-order valence-electron chi connectivity index (χ3n) is 4.21. The maximum atomic E-state index is 12.5. The van der Waals surface area contributed by atoms with Crippen molar-refractivity contribution in [2.75, 3.05) is 19.7 Å². The zero-order valence-electron chi connectivity index (χ0n) is 14.4. The molecule has 0 N–H and O–H groups in total. The van der Waals surface area contributed by atoms with Crippen molar-refractivity contribution in [3.05, 3.63) is 41.4 Å². The van der Waals surface area contributed by atoms with Crippen LogP contribution in [0.4, 0.5) is 0 Å². The summed E-state index contributed by atoms with van der Waals surface area (Å²) >= 11 is 1.55. The smallest absolute Gasteiger partial charge is 0.257 e. The third-order valence-corrected chi connectivity index (χ3v) is 5.07. The van der Waals surface area contributed by atoms with E-state index < -0.39 is 0 Å². The topological polar surface area (TPSA) is 86.3 Å². The molecule has 1 amide bonds. The monoisotopic (exact) mass is 373 g/mol. The number of aryl methyl sites for hydroxylation is 2. The molecule has 1 atom stereocenters. The van der Waals surface area contributed by atoms with Gasteiger partial charge in [0.05, 0.1) is 23.7 Å². The van der Waals surface area contributed by atoms with Crippen molar-refractivity contribution in [1.29, 1.82) is 0 Å². The zero-order chi connectivity index (χ0) is 17.9. The van der Waals surface area contributed by atoms with Gasteiger partial charge in [-0.15, -0.1) is 11.3 Å². The van der Waals surface area contributed by atoms with E-state index in [4.69, 9.17) is 9.26 Å². The lowest BCUT2D eigenvalue weighted by atomic mass is 10.2. The average molecular weight is 373 g/mol. The van der Waals surface area contributed by atoms with E-state index in [1.54, 1.807) is 20.9 Å². The highest BCUT2D eigenvalue weighted by molar-refractivity contribution is 7.13. The Labute approximate surface area is 154 Å². The summed E-state index contributed by atoms with van der Waals surface area (Å²) in [5.74, 6) is 1.04. The first kappa shape index (κ1) is 16.9. The summed E-state index contributed by atoms with van der Waals surface area (Å²) in [5, 5.41) is 10.3. The fraction of sp³-hybridized carbons (Fsp3) is 0.412. The lowest BCUT2D eigenvalue weighted by molar-refractivity contribution is -0.140. The third kappa shape index (κ3) is 3.68. The lowest BCUT2D eigenvalue weighted by Crippen LogP contribution is -2.42.